The van der Waals surface area contributed by atoms with E-state index in [-0.39, 0.29) is 17.6 Å². The molecule has 2 heterocycles. The summed E-state index contributed by atoms with van der Waals surface area (Å²) in [6, 6.07) is 3.22. The molecule has 1 aromatic rings. The van der Waals surface area contributed by atoms with Crippen LogP contribution in [0.25, 0.3) is 0 Å². The lowest BCUT2D eigenvalue weighted by Gasteiger charge is -2.14. The van der Waals surface area contributed by atoms with Gasteiger partial charge in [0, 0.05) is 37.7 Å². The molecular weight excluding hydrogens is 280 g/mol. The number of carbonyl (C=O) groups excluding carboxylic acids is 3. The number of nitrogens with one attached hydrogen (secondary N) is 2. The van der Waals surface area contributed by atoms with E-state index in [1.54, 1.807) is 23.2 Å². The van der Waals surface area contributed by atoms with Gasteiger partial charge in [-0.15, -0.1) is 0 Å². The van der Waals surface area contributed by atoms with E-state index in [0.29, 0.717) is 18.7 Å². The number of hydrogen-bond acceptors (Lipinski definition) is 5. The third kappa shape index (κ3) is 3.95. The molecule has 1 aliphatic rings. The first-order chi connectivity index (χ1) is 9.66. The van der Waals surface area contributed by atoms with Crippen LogP contribution in [0.3, 0.4) is 0 Å². The fourth-order valence-corrected chi connectivity index (χ4v) is 2.47. The molecule has 0 radical (unpaired) electrons. The zero-order chi connectivity index (χ0) is 14.4. The summed E-state index contributed by atoms with van der Waals surface area (Å²) in [6.07, 6.45) is 3.11. The molecule has 1 aromatic heterocycles. The molecule has 20 heavy (non-hydrogen) atoms. The van der Waals surface area contributed by atoms with Gasteiger partial charge in [-0.05, 0) is 12.1 Å². The molecule has 1 aliphatic heterocycles. The van der Waals surface area contributed by atoms with Gasteiger partial charge in [0.25, 0.3) is 11.1 Å². The van der Waals surface area contributed by atoms with Crippen LogP contribution in [0, 0.1) is 0 Å². The van der Waals surface area contributed by atoms with Crippen molar-refractivity contribution in [3.05, 3.63) is 30.1 Å². The summed E-state index contributed by atoms with van der Waals surface area (Å²) < 4.78 is 0. The van der Waals surface area contributed by atoms with Crippen molar-refractivity contribution in [2.75, 3.05) is 18.8 Å². The van der Waals surface area contributed by atoms with Crippen LogP contribution in [0.15, 0.2) is 24.5 Å². The second-order valence-electron chi connectivity index (χ2n) is 4.10. The second-order valence-corrected chi connectivity index (χ2v) is 5.14. The third-order valence-corrected chi connectivity index (χ3v) is 3.58. The van der Waals surface area contributed by atoms with Crippen molar-refractivity contribution < 1.29 is 14.4 Å². The minimum Gasteiger partial charge on any atom is -0.332 e. The van der Waals surface area contributed by atoms with Crippen LogP contribution in [0.1, 0.15) is 16.8 Å². The van der Waals surface area contributed by atoms with Gasteiger partial charge in [-0.2, -0.15) is 0 Å². The molecule has 7 nitrogen and oxygen atoms in total. The number of amides is 3. The number of thioether (sulfide) groups is 1. The van der Waals surface area contributed by atoms with Gasteiger partial charge >= 0.3 is 0 Å². The quantitative estimate of drug-likeness (QED) is 0.784. The Morgan fingerprint density at radius 2 is 2.25 bits per heavy atom. The maximum absolute atomic E-state index is 11.6. The Morgan fingerprint density at radius 3 is 2.90 bits per heavy atom. The van der Waals surface area contributed by atoms with Gasteiger partial charge in [0.15, 0.2) is 0 Å². The molecule has 0 aromatic carbocycles. The van der Waals surface area contributed by atoms with E-state index in [9.17, 15) is 14.4 Å². The van der Waals surface area contributed by atoms with Crippen molar-refractivity contribution >= 4 is 28.8 Å². The summed E-state index contributed by atoms with van der Waals surface area (Å²) in [5, 5.41) is -0.00260. The Bertz CT molecular complexity index is 509. The Hall–Kier alpha value is -2.09. The Morgan fingerprint density at radius 1 is 1.40 bits per heavy atom. The van der Waals surface area contributed by atoms with Crippen LogP contribution >= 0.6 is 11.8 Å². The molecule has 0 unspecified atom stereocenters. The van der Waals surface area contributed by atoms with Gasteiger partial charge in [-0.1, -0.05) is 11.8 Å². The van der Waals surface area contributed by atoms with Crippen molar-refractivity contribution in [3.63, 3.8) is 0 Å². The highest BCUT2D eigenvalue weighted by Crippen LogP contribution is 2.16. The van der Waals surface area contributed by atoms with Crippen LogP contribution < -0.4 is 10.9 Å². The normalized spacial score (nSPS) is 14.2. The number of pyridine rings is 1. The lowest BCUT2D eigenvalue weighted by molar-refractivity contribution is -0.122. The van der Waals surface area contributed by atoms with Crippen LogP contribution in [0.5, 0.6) is 0 Å². The lowest BCUT2D eigenvalue weighted by atomic mass is 10.3. The van der Waals surface area contributed by atoms with Gasteiger partial charge < -0.3 is 4.90 Å². The summed E-state index contributed by atoms with van der Waals surface area (Å²) in [5.74, 6) is -0.00994. The highest BCUT2D eigenvalue weighted by molar-refractivity contribution is 8.13. The number of nitrogens with zero attached hydrogens (tertiary/aromatic N) is 2. The number of hydrazine groups is 1. The fraction of sp³-hybridized carbons (Fsp3) is 0.333. The van der Waals surface area contributed by atoms with Crippen molar-refractivity contribution in [2.45, 2.75) is 6.42 Å². The summed E-state index contributed by atoms with van der Waals surface area (Å²) in [7, 11) is 0. The Kier molecular flexibility index (Phi) is 4.94. The van der Waals surface area contributed by atoms with Crippen molar-refractivity contribution in [1.29, 1.82) is 0 Å². The molecule has 2 N–H and O–H groups in total. The molecule has 1 fully saturated rings. The second kappa shape index (κ2) is 6.90. The van der Waals surface area contributed by atoms with Crippen LogP contribution in [0.2, 0.25) is 0 Å². The fourth-order valence-electron chi connectivity index (χ4n) is 1.62. The minimum absolute atomic E-state index is 0.00260. The van der Waals surface area contributed by atoms with Crippen LogP contribution in [-0.2, 0) is 4.79 Å². The number of hydrogen-bond donors (Lipinski definition) is 2. The molecule has 0 saturated carbocycles. The summed E-state index contributed by atoms with van der Waals surface area (Å²) in [6.45, 7) is 1.03. The van der Waals surface area contributed by atoms with E-state index in [0.717, 1.165) is 5.75 Å². The van der Waals surface area contributed by atoms with Crippen molar-refractivity contribution in [1.82, 2.24) is 20.7 Å². The highest BCUT2D eigenvalue weighted by atomic mass is 32.2. The topological polar surface area (TPSA) is 91.4 Å². The van der Waals surface area contributed by atoms with E-state index >= 15 is 0 Å². The van der Waals surface area contributed by atoms with E-state index < -0.39 is 5.91 Å². The number of carbonyl (C=O) groups is 3. The predicted molar refractivity (Wildman–Crippen MR) is 73.9 cm³/mol. The molecule has 0 aliphatic carbocycles. The highest BCUT2D eigenvalue weighted by Gasteiger charge is 2.21. The van der Waals surface area contributed by atoms with Crippen molar-refractivity contribution in [2.24, 2.45) is 0 Å². The number of aromatic nitrogens is 1. The maximum atomic E-state index is 11.6. The van der Waals surface area contributed by atoms with Gasteiger partial charge in [0.05, 0.1) is 5.56 Å². The minimum atomic E-state index is -0.431. The molecule has 3 amide bonds. The molecule has 0 spiro atoms. The number of rotatable bonds is 4. The van der Waals surface area contributed by atoms with Crippen LogP contribution in [0.4, 0.5) is 4.79 Å². The molecule has 2 rings (SSSR count). The van der Waals surface area contributed by atoms with E-state index in [4.69, 9.17) is 0 Å². The van der Waals surface area contributed by atoms with Crippen LogP contribution in [-0.4, -0.2) is 45.8 Å². The van der Waals surface area contributed by atoms with E-state index in [1.807, 2.05) is 0 Å². The zero-order valence-electron chi connectivity index (χ0n) is 10.7. The first kappa shape index (κ1) is 14.3. The summed E-state index contributed by atoms with van der Waals surface area (Å²) in [5.41, 5.74) is 4.97. The van der Waals surface area contributed by atoms with Gasteiger partial charge in [0.2, 0.25) is 5.91 Å². The largest absolute Gasteiger partial charge is 0.332 e. The van der Waals surface area contributed by atoms with E-state index in [2.05, 4.69) is 15.8 Å². The Labute approximate surface area is 120 Å². The lowest BCUT2D eigenvalue weighted by Crippen LogP contribution is -2.42. The molecule has 1 saturated heterocycles. The Balaban J connectivity index is 1.70. The summed E-state index contributed by atoms with van der Waals surface area (Å²) in [4.78, 5) is 39.9. The average molecular weight is 294 g/mol. The smallest absolute Gasteiger partial charge is 0.281 e. The van der Waals surface area contributed by atoms with Gasteiger partial charge in [0.1, 0.15) is 0 Å². The molecule has 0 bridgehead atoms. The summed E-state index contributed by atoms with van der Waals surface area (Å²) >= 11 is 1.25. The van der Waals surface area contributed by atoms with E-state index in [1.165, 1.54) is 18.0 Å². The van der Waals surface area contributed by atoms with Gasteiger partial charge in [-0.25, -0.2) is 0 Å². The molecule has 8 heteroatoms. The molecule has 106 valence electrons. The van der Waals surface area contributed by atoms with Gasteiger partial charge in [-0.3, -0.25) is 30.2 Å². The third-order valence-electron chi connectivity index (χ3n) is 2.69. The maximum Gasteiger partial charge on any atom is 0.281 e. The zero-order valence-corrected chi connectivity index (χ0v) is 11.5. The van der Waals surface area contributed by atoms with Crippen molar-refractivity contribution in [3.8, 4) is 0 Å². The predicted octanol–water partition coefficient (Wildman–Crippen LogP) is 0.401. The first-order valence-electron chi connectivity index (χ1n) is 6.08. The molecular formula is C12H14N4O3S. The first-order valence-corrected chi connectivity index (χ1v) is 7.06. The molecule has 0 atom stereocenters. The SMILES string of the molecule is O=C(CCN1CCSC1=O)NNC(=O)c1cccnc1. The average Bonchev–Trinajstić information content (AvgIpc) is 2.89. The standard InChI is InChI=1S/C12H14N4O3S/c17-10(3-5-16-6-7-20-12(16)19)14-15-11(18)9-2-1-4-13-8-9/h1-2,4,8H,3,5-7H2,(H,14,17)(H,15,18). The monoisotopic (exact) mass is 294 g/mol.